The van der Waals surface area contributed by atoms with E-state index < -0.39 is 10.0 Å². The molecule has 0 bridgehead atoms. The molecule has 100 valence electrons. The molecule has 0 unspecified atom stereocenters. The van der Waals surface area contributed by atoms with Gasteiger partial charge in [0, 0.05) is 12.6 Å². The molecular formula is C12H23NO3S. The van der Waals surface area contributed by atoms with Crippen molar-refractivity contribution in [2.45, 2.75) is 51.0 Å². The molecular weight excluding hydrogens is 238 g/mol. The zero-order chi connectivity index (χ0) is 12.3. The minimum Gasteiger partial charge on any atom is -0.396 e. The van der Waals surface area contributed by atoms with Gasteiger partial charge in [0.05, 0.1) is 5.75 Å². The summed E-state index contributed by atoms with van der Waals surface area (Å²) in [6.07, 6.45) is 6.93. The van der Waals surface area contributed by atoms with E-state index in [1.165, 1.54) is 6.42 Å². The fourth-order valence-electron chi connectivity index (χ4n) is 2.73. The molecule has 2 aliphatic carbocycles. The first kappa shape index (κ1) is 13.3. The number of hydrogen-bond donors (Lipinski definition) is 2. The predicted octanol–water partition coefficient (Wildman–Crippen LogP) is 1.26. The highest BCUT2D eigenvalue weighted by Gasteiger charge is 2.28. The second-order valence-electron chi connectivity index (χ2n) is 5.60. The van der Waals surface area contributed by atoms with Crippen LogP contribution < -0.4 is 4.72 Å². The Labute approximate surface area is 104 Å². The van der Waals surface area contributed by atoms with Crippen LogP contribution in [-0.2, 0) is 10.0 Å². The standard InChI is InChI=1S/C12H23NO3S/c14-8-10-4-6-12(7-5-10)13-17(15,16)9-11-2-1-3-11/h10-14H,1-9H2. The first-order valence-electron chi connectivity index (χ1n) is 6.70. The number of nitrogens with one attached hydrogen (secondary N) is 1. The van der Waals surface area contributed by atoms with Crippen molar-refractivity contribution in [3.63, 3.8) is 0 Å². The van der Waals surface area contributed by atoms with Crippen LogP contribution in [0.3, 0.4) is 0 Å². The van der Waals surface area contributed by atoms with E-state index in [0.717, 1.165) is 38.5 Å². The summed E-state index contributed by atoms with van der Waals surface area (Å²) in [5, 5.41) is 9.03. The molecule has 0 amide bonds. The molecule has 2 N–H and O–H groups in total. The number of rotatable bonds is 5. The predicted molar refractivity (Wildman–Crippen MR) is 67.1 cm³/mol. The highest BCUT2D eigenvalue weighted by Crippen LogP contribution is 2.28. The van der Waals surface area contributed by atoms with E-state index in [9.17, 15) is 8.42 Å². The largest absolute Gasteiger partial charge is 0.396 e. The van der Waals surface area contributed by atoms with Gasteiger partial charge in [0.15, 0.2) is 0 Å². The van der Waals surface area contributed by atoms with Gasteiger partial charge in [0.1, 0.15) is 0 Å². The first-order chi connectivity index (χ1) is 8.09. The molecule has 2 aliphatic rings. The average Bonchev–Trinajstić information content (AvgIpc) is 2.24. The van der Waals surface area contributed by atoms with E-state index in [1.807, 2.05) is 0 Å². The van der Waals surface area contributed by atoms with Gasteiger partial charge in [0.2, 0.25) is 10.0 Å². The van der Waals surface area contributed by atoms with Crippen molar-refractivity contribution in [2.24, 2.45) is 11.8 Å². The van der Waals surface area contributed by atoms with Crippen LogP contribution in [0.25, 0.3) is 0 Å². The molecule has 2 rings (SSSR count). The molecule has 0 aromatic rings. The Kier molecular flexibility index (Phi) is 4.44. The van der Waals surface area contributed by atoms with Crippen LogP contribution in [0.2, 0.25) is 0 Å². The highest BCUT2D eigenvalue weighted by molar-refractivity contribution is 7.89. The van der Waals surface area contributed by atoms with Crippen LogP contribution in [0.1, 0.15) is 44.9 Å². The van der Waals surface area contributed by atoms with Gasteiger partial charge in [-0.3, -0.25) is 0 Å². The molecule has 5 heteroatoms. The maximum atomic E-state index is 11.9. The van der Waals surface area contributed by atoms with E-state index in [4.69, 9.17) is 5.11 Å². The summed E-state index contributed by atoms with van der Waals surface area (Å²) in [5.74, 6) is 1.08. The lowest BCUT2D eigenvalue weighted by atomic mass is 9.87. The molecule has 0 aromatic heterocycles. The van der Waals surface area contributed by atoms with Crippen molar-refractivity contribution in [3.05, 3.63) is 0 Å². The summed E-state index contributed by atoms with van der Waals surface area (Å²) < 4.78 is 26.6. The lowest BCUT2D eigenvalue weighted by Gasteiger charge is -2.30. The van der Waals surface area contributed by atoms with Crippen molar-refractivity contribution in [1.29, 1.82) is 0 Å². The molecule has 4 nitrogen and oxygen atoms in total. The van der Waals surface area contributed by atoms with Crippen LogP contribution in [0.5, 0.6) is 0 Å². The average molecular weight is 261 g/mol. The molecule has 2 fully saturated rings. The van der Waals surface area contributed by atoms with Crippen LogP contribution in [0, 0.1) is 11.8 Å². The van der Waals surface area contributed by atoms with Gasteiger partial charge in [-0.05, 0) is 50.4 Å². The molecule has 0 aliphatic heterocycles. The summed E-state index contributed by atoms with van der Waals surface area (Å²) in [5.41, 5.74) is 0. The molecule has 0 spiro atoms. The van der Waals surface area contributed by atoms with Gasteiger partial charge >= 0.3 is 0 Å². The third-order valence-corrected chi connectivity index (χ3v) is 5.73. The summed E-state index contributed by atoms with van der Waals surface area (Å²) in [6.45, 7) is 0.238. The number of aliphatic hydroxyl groups excluding tert-OH is 1. The first-order valence-corrected chi connectivity index (χ1v) is 8.35. The van der Waals surface area contributed by atoms with E-state index >= 15 is 0 Å². The second kappa shape index (κ2) is 5.67. The highest BCUT2D eigenvalue weighted by atomic mass is 32.2. The van der Waals surface area contributed by atoms with Crippen molar-refractivity contribution >= 4 is 10.0 Å². The molecule has 17 heavy (non-hydrogen) atoms. The molecule has 0 radical (unpaired) electrons. The maximum absolute atomic E-state index is 11.9. The van der Waals surface area contributed by atoms with E-state index in [-0.39, 0.29) is 12.6 Å². The minimum atomic E-state index is -3.08. The van der Waals surface area contributed by atoms with Gasteiger partial charge in [0.25, 0.3) is 0 Å². The monoisotopic (exact) mass is 261 g/mol. The molecule has 2 saturated carbocycles. The van der Waals surface area contributed by atoms with Crippen molar-refractivity contribution in [2.75, 3.05) is 12.4 Å². The van der Waals surface area contributed by atoms with Crippen molar-refractivity contribution < 1.29 is 13.5 Å². The number of hydrogen-bond acceptors (Lipinski definition) is 3. The number of aliphatic hydroxyl groups is 1. The fourth-order valence-corrected chi connectivity index (χ4v) is 4.53. The number of sulfonamides is 1. The zero-order valence-electron chi connectivity index (χ0n) is 10.3. The third kappa shape index (κ3) is 3.93. The van der Waals surface area contributed by atoms with Crippen molar-refractivity contribution in [3.8, 4) is 0 Å². The maximum Gasteiger partial charge on any atom is 0.212 e. The lowest BCUT2D eigenvalue weighted by molar-refractivity contribution is 0.180. The van der Waals surface area contributed by atoms with Crippen LogP contribution >= 0.6 is 0 Å². The fraction of sp³-hybridized carbons (Fsp3) is 1.00. The van der Waals surface area contributed by atoms with Gasteiger partial charge in [-0.2, -0.15) is 0 Å². The Morgan fingerprint density at radius 1 is 1.00 bits per heavy atom. The Morgan fingerprint density at radius 2 is 1.65 bits per heavy atom. The van der Waals surface area contributed by atoms with Crippen LogP contribution in [0.15, 0.2) is 0 Å². The van der Waals surface area contributed by atoms with E-state index in [2.05, 4.69) is 4.72 Å². The Morgan fingerprint density at radius 3 is 2.12 bits per heavy atom. The Bertz CT molecular complexity index is 330. The molecule has 0 aromatic carbocycles. The van der Waals surface area contributed by atoms with Gasteiger partial charge in [-0.25, -0.2) is 13.1 Å². The Balaban J connectivity index is 1.76. The lowest BCUT2D eigenvalue weighted by Crippen LogP contribution is -2.41. The van der Waals surface area contributed by atoms with Gasteiger partial charge < -0.3 is 5.11 Å². The molecule has 0 heterocycles. The van der Waals surface area contributed by atoms with Crippen LogP contribution in [0.4, 0.5) is 0 Å². The zero-order valence-corrected chi connectivity index (χ0v) is 11.1. The second-order valence-corrected chi connectivity index (χ2v) is 7.39. The van der Waals surface area contributed by atoms with Crippen molar-refractivity contribution in [1.82, 2.24) is 4.72 Å². The summed E-state index contributed by atoms with van der Waals surface area (Å²) in [4.78, 5) is 0. The quantitative estimate of drug-likeness (QED) is 0.783. The minimum absolute atomic E-state index is 0.0999. The Hall–Kier alpha value is -0.130. The van der Waals surface area contributed by atoms with Gasteiger partial charge in [-0.1, -0.05) is 6.42 Å². The summed E-state index contributed by atoms with van der Waals surface area (Å²) in [7, 11) is -3.08. The van der Waals surface area contributed by atoms with Gasteiger partial charge in [-0.15, -0.1) is 0 Å². The normalized spacial score (nSPS) is 31.1. The smallest absolute Gasteiger partial charge is 0.212 e. The van der Waals surface area contributed by atoms with E-state index in [0.29, 0.717) is 17.6 Å². The summed E-state index contributed by atoms with van der Waals surface area (Å²) >= 11 is 0. The topological polar surface area (TPSA) is 66.4 Å². The molecule has 0 atom stereocenters. The third-order valence-electron chi connectivity index (χ3n) is 4.13. The SMILES string of the molecule is O=S(=O)(CC1CCC1)NC1CCC(CO)CC1. The van der Waals surface area contributed by atoms with Crippen LogP contribution in [-0.4, -0.2) is 31.9 Å². The van der Waals surface area contributed by atoms with E-state index in [1.54, 1.807) is 0 Å². The molecule has 0 saturated heterocycles. The summed E-state index contributed by atoms with van der Waals surface area (Å²) in [6, 6.07) is 0.0999.